The van der Waals surface area contributed by atoms with Crippen molar-refractivity contribution in [1.29, 1.82) is 0 Å². The Labute approximate surface area is 180 Å². The molecule has 0 aliphatic carbocycles. The second kappa shape index (κ2) is 8.17. The van der Waals surface area contributed by atoms with Crippen LogP contribution in [0.15, 0.2) is 34.2 Å². The summed E-state index contributed by atoms with van der Waals surface area (Å²) >= 11 is 9.11. The number of hydrogen-bond donors (Lipinski definition) is 1. The lowest BCUT2D eigenvalue weighted by Crippen LogP contribution is -2.11. The molecule has 4 aromatic rings. The number of nitrogens with zero attached hydrogens (tertiary/aromatic N) is 4. The van der Waals surface area contributed by atoms with Crippen LogP contribution >= 0.6 is 34.7 Å². The van der Waals surface area contributed by atoms with Crippen LogP contribution < -0.4 is 10.3 Å². The lowest BCUT2D eigenvalue weighted by Gasteiger charge is -2.07. The van der Waals surface area contributed by atoms with E-state index in [-0.39, 0.29) is 12.2 Å². The van der Waals surface area contributed by atoms with Crippen molar-refractivity contribution in [3.05, 3.63) is 61.7 Å². The van der Waals surface area contributed by atoms with Gasteiger partial charge in [-0.2, -0.15) is 0 Å². The maximum absolute atomic E-state index is 12.4. The van der Waals surface area contributed by atoms with Gasteiger partial charge in [0.15, 0.2) is 11.0 Å². The molecule has 0 aliphatic heterocycles. The number of fused-ring (bicyclic) bond motifs is 1. The molecule has 7 nitrogen and oxygen atoms in total. The Morgan fingerprint density at radius 3 is 2.86 bits per heavy atom. The highest BCUT2D eigenvalue weighted by molar-refractivity contribution is 7.98. The van der Waals surface area contributed by atoms with E-state index in [1.807, 2.05) is 37.6 Å². The van der Waals surface area contributed by atoms with Crippen LogP contribution in [0.3, 0.4) is 0 Å². The zero-order valence-electron chi connectivity index (χ0n) is 16.0. The van der Waals surface area contributed by atoms with Crippen molar-refractivity contribution >= 4 is 44.9 Å². The molecule has 3 aromatic heterocycles. The number of para-hydroxylation sites is 1. The molecule has 0 radical (unpaired) electrons. The van der Waals surface area contributed by atoms with Gasteiger partial charge in [-0.1, -0.05) is 35.5 Å². The van der Waals surface area contributed by atoms with E-state index in [1.54, 1.807) is 23.5 Å². The number of aromatic amines is 1. The highest BCUT2D eigenvalue weighted by Crippen LogP contribution is 2.27. The zero-order chi connectivity index (χ0) is 20.5. The normalized spacial score (nSPS) is 11.3. The van der Waals surface area contributed by atoms with Crippen LogP contribution in [0, 0.1) is 13.8 Å². The van der Waals surface area contributed by atoms with Gasteiger partial charge in [0.2, 0.25) is 0 Å². The number of aromatic nitrogens is 5. The minimum absolute atomic E-state index is 0.0979. The summed E-state index contributed by atoms with van der Waals surface area (Å²) in [4.78, 5) is 21.8. The number of thioether (sulfide) groups is 1. The second-order valence-electron chi connectivity index (χ2n) is 6.44. The molecule has 10 heteroatoms. The summed E-state index contributed by atoms with van der Waals surface area (Å²) in [6.07, 6.45) is 0. The van der Waals surface area contributed by atoms with Gasteiger partial charge in [-0.15, -0.1) is 21.5 Å². The summed E-state index contributed by atoms with van der Waals surface area (Å²) in [5.74, 6) is 2.38. The van der Waals surface area contributed by atoms with Crippen molar-refractivity contribution in [2.75, 3.05) is 0 Å². The number of benzene rings is 1. The van der Waals surface area contributed by atoms with Crippen molar-refractivity contribution in [2.24, 2.45) is 7.05 Å². The maximum Gasteiger partial charge on any atom is 0.259 e. The van der Waals surface area contributed by atoms with Gasteiger partial charge >= 0.3 is 0 Å². The maximum atomic E-state index is 12.4. The van der Waals surface area contributed by atoms with E-state index < -0.39 is 0 Å². The van der Waals surface area contributed by atoms with Gasteiger partial charge in [0.1, 0.15) is 23.0 Å². The summed E-state index contributed by atoms with van der Waals surface area (Å²) < 4.78 is 7.59. The fourth-order valence-corrected chi connectivity index (χ4v) is 4.84. The average molecular weight is 448 g/mol. The molecule has 0 saturated heterocycles. The number of halogens is 1. The first-order valence-electron chi connectivity index (χ1n) is 8.81. The quantitative estimate of drug-likeness (QED) is 0.444. The minimum atomic E-state index is -0.0979. The third-order valence-electron chi connectivity index (χ3n) is 4.54. The van der Waals surface area contributed by atoms with E-state index in [0.29, 0.717) is 38.7 Å². The van der Waals surface area contributed by atoms with E-state index in [2.05, 4.69) is 20.2 Å². The van der Waals surface area contributed by atoms with Crippen LogP contribution in [-0.2, 0) is 19.4 Å². The standard InChI is InChI=1S/C19H18ClN5O2S2/c1-10-11(2)29-18-16(10)17(26)21-14(22-18)9-28-19-24-23-15(25(19)3)8-27-13-7-5-4-6-12(13)20/h4-7H,8-9H2,1-3H3,(H,21,22,26). The molecule has 0 fully saturated rings. The second-order valence-corrected chi connectivity index (χ2v) is 8.99. The Morgan fingerprint density at radius 1 is 1.28 bits per heavy atom. The largest absolute Gasteiger partial charge is 0.484 e. The van der Waals surface area contributed by atoms with Crippen molar-refractivity contribution in [3.63, 3.8) is 0 Å². The molecule has 3 heterocycles. The van der Waals surface area contributed by atoms with Crippen LogP contribution in [0.5, 0.6) is 5.75 Å². The lowest BCUT2D eigenvalue weighted by atomic mass is 10.2. The average Bonchev–Trinajstić information content (AvgIpc) is 3.19. The monoisotopic (exact) mass is 447 g/mol. The minimum Gasteiger partial charge on any atom is -0.484 e. The molecule has 0 aliphatic rings. The van der Waals surface area contributed by atoms with E-state index in [4.69, 9.17) is 16.3 Å². The van der Waals surface area contributed by atoms with E-state index in [1.165, 1.54) is 11.8 Å². The Bertz CT molecular complexity index is 1250. The van der Waals surface area contributed by atoms with Crippen LogP contribution in [-0.4, -0.2) is 24.7 Å². The Balaban J connectivity index is 1.46. The first-order chi connectivity index (χ1) is 13.9. The first-order valence-corrected chi connectivity index (χ1v) is 11.0. The fourth-order valence-electron chi connectivity index (χ4n) is 2.80. The highest BCUT2D eigenvalue weighted by atomic mass is 35.5. The lowest BCUT2D eigenvalue weighted by molar-refractivity contribution is 0.290. The van der Waals surface area contributed by atoms with Crippen molar-refractivity contribution in [1.82, 2.24) is 24.7 Å². The molecule has 0 spiro atoms. The number of hydrogen-bond acceptors (Lipinski definition) is 7. The fraction of sp³-hybridized carbons (Fsp3) is 0.263. The third kappa shape index (κ3) is 4.03. The van der Waals surface area contributed by atoms with Crippen LogP contribution in [0.4, 0.5) is 0 Å². The molecule has 1 aromatic carbocycles. The molecule has 1 N–H and O–H groups in total. The van der Waals surface area contributed by atoms with Crippen LogP contribution in [0.25, 0.3) is 10.2 Å². The molecular formula is C19H18ClN5O2S2. The molecule has 0 saturated carbocycles. The van der Waals surface area contributed by atoms with E-state index in [9.17, 15) is 4.79 Å². The Kier molecular flexibility index (Phi) is 5.62. The number of thiophene rings is 1. The number of nitrogens with one attached hydrogen (secondary N) is 1. The summed E-state index contributed by atoms with van der Waals surface area (Å²) in [6.45, 7) is 4.20. The Hall–Kier alpha value is -2.36. The van der Waals surface area contributed by atoms with Gasteiger partial charge in [-0.25, -0.2) is 4.98 Å². The van der Waals surface area contributed by atoms with Gasteiger partial charge in [0.05, 0.1) is 16.2 Å². The molecule has 0 bridgehead atoms. The zero-order valence-corrected chi connectivity index (χ0v) is 18.4. The van der Waals surface area contributed by atoms with Crippen molar-refractivity contribution < 1.29 is 4.74 Å². The third-order valence-corrected chi connectivity index (χ3v) is 6.99. The van der Waals surface area contributed by atoms with Crippen LogP contribution in [0.1, 0.15) is 22.1 Å². The molecule has 0 amide bonds. The SMILES string of the molecule is Cc1sc2nc(CSc3nnc(COc4ccccc4Cl)n3C)[nH]c(=O)c2c1C. The van der Waals surface area contributed by atoms with Crippen molar-refractivity contribution in [2.45, 2.75) is 31.4 Å². The molecular weight excluding hydrogens is 430 g/mol. The van der Waals surface area contributed by atoms with Gasteiger partial charge < -0.3 is 14.3 Å². The highest BCUT2D eigenvalue weighted by Gasteiger charge is 2.14. The molecule has 29 heavy (non-hydrogen) atoms. The molecule has 0 unspecified atom stereocenters. The van der Waals surface area contributed by atoms with Crippen molar-refractivity contribution in [3.8, 4) is 5.75 Å². The number of H-pyrrole nitrogens is 1. The summed E-state index contributed by atoms with van der Waals surface area (Å²) in [5, 5.41) is 10.3. The summed E-state index contributed by atoms with van der Waals surface area (Å²) in [7, 11) is 1.87. The summed E-state index contributed by atoms with van der Waals surface area (Å²) in [6, 6.07) is 7.29. The molecule has 0 atom stereocenters. The van der Waals surface area contributed by atoms with Gasteiger partial charge in [-0.3, -0.25) is 4.79 Å². The van der Waals surface area contributed by atoms with Crippen LogP contribution in [0.2, 0.25) is 5.02 Å². The van der Waals surface area contributed by atoms with E-state index >= 15 is 0 Å². The molecule has 4 rings (SSSR count). The van der Waals surface area contributed by atoms with Gasteiger partial charge in [-0.05, 0) is 31.5 Å². The summed E-state index contributed by atoms with van der Waals surface area (Å²) in [5.41, 5.74) is 0.897. The number of rotatable bonds is 6. The molecule has 150 valence electrons. The van der Waals surface area contributed by atoms with Gasteiger partial charge in [0.25, 0.3) is 5.56 Å². The number of aryl methyl sites for hydroxylation is 2. The topological polar surface area (TPSA) is 85.7 Å². The van der Waals surface area contributed by atoms with Gasteiger partial charge in [0, 0.05) is 11.9 Å². The predicted octanol–water partition coefficient (Wildman–Crippen LogP) is 4.25. The predicted molar refractivity (Wildman–Crippen MR) is 116 cm³/mol. The first kappa shape index (κ1) is 19.9. The Morgan fingerprint density at radius 2 is 2.07 bits per heavy atom. The number of ether oxygens (including phenoxy) is 1. The van der Waals surface area contributed by atoms with E-state index in [0.717, 1.165) is 15.3 Å². The smallest absolute Gasteiger partial charge is 0.259 e.